The van der Waals surface area contributed by atoms with Crippen LogP contribution in [0, 0.1) is 0 Å². The summed E-state index contributed by atoms with van der Waals surface area (Å²) in [5.74, 6) is 1.41. The van der Waals surface area contributed by atoms with E-state index in [0.717, 1.165) is 11.1 Å². The van der Waals surface area contributed by atoms with E-state index in [9.17, 15) is 5.11 Å². The summed E-state index contributed by atoms with van der Waals surface area (Å²) in [4.78, 5) is 0. The lowest BCUT2D eigenvalue weighted by molar-refractivity contribution is 0.0664. The van der Waals surface area contributed by atoms with Gasteiger partial charge in [-0.1, -0.05) is 43.3 Å². The van der Waals surface area contributed by atoms with E-state index in [1.54, 1.807) is 0 Å². The Bertz CT molecular complexity index is 608. The van der Waals surface area contributed by atoms with Crippen molar-refractivity contribution < 1.29 is 14.6 Å². The minimum Gasteiger partial charge on any atom is -0.491 e. The second-order valence-electron chi connectivity index (χ2n) is 6.54. The fourth-order valence-corrected chi connectivity index (χ4v) is 2.86. The van der Waals surface area contributed by atoms with Crippen molar-refractivity contribution in [3.05, 3.63) is 59.7 Å². The van der Waals surface area contributed by atoms with Crippen LogP contribution in [0.5, 0.6) is 11.5 Å². The molecule has 2 aromatic carbocycles. The highest BCUT2D eigenvalue weighted by Crippen LogP contribution is 2.42. The highest BCUT2D eigenvalue weighted by atomic mass is 16.5. The molecule has 0 amide bonds. The summed E-state index contributed by atoms with van der Waals surface area (Å²) < 4.78 is 11.9. The summed E-state index contributed by atoms with van der Waals surface area (Å²) in [6, 6.07) is 15.4. The van der Waals surface area contributed by atoms with Gasteiger partial charge in [-0.15, -0.1) is 0 Å². The average Bonchev–Trinajstić information content (AvgIpc) is 2.54. The number of hydrogen-bond donors (Lipinski definition) is 1. The molecule has 0 saturated carbocycles. The van der Waals surface area contributed by atoms with Crippen molar-refractivity contribution in [1.82, 2.24) is 0 Å². The summed E-state index contributed by atoms with van der Waals surface area (Å²) in [5, 5.41) is 11.6. The van der Waals surface area contributed by atoms with Crippen LogP contribution in [0.15, 0.2) is 48.5 Å². The maximum absolute atomic E-state index is 11.6. The normalized spacial score (nSPS) is 11.8. The molecule has 0 bridgehead atoms. The summed E-state index contributed by atoms with van der Waals surface area (Å²) in [7, 11) is 0. The van der Waals surface area contributed by atoms with Crippen molar-refractivity contribution in [3.8, 4) is 11.5 Å². The molecule has 0 spiro atoms. The molecular weight excluding hydrogens is 300 g/mol. The summed E-state index contributed by atoms with van der Waals surface area (Å²) in [6.07, 6.45) is 0.591. The Hall–Kier alpha value is -2.00. The number of benzene rings is 2. The van der Waals surface area contributed by atoms with E-state index in [-0.39, 0.29) is 12.2 Å². The molecule has 0 aliphatic carbocycles. The summed E-state index contributed by atoms with van der Waals surface area (Å²) >= 11 is 0. The van der Waals surface area contributed by atoms with Crippen molar-refractivity contribution in [3.63, 3.8) is 0 Å². The van der Waals surface area contributed by atoms with Crippen LogP contribution in [0.25, 0.3) is 0 Å². The van der Waals surface area contributed by atoms with Crippen LogP contribution < -0.4 is 9.47 Å². The topological polar surface area (TPSA) is 38.7 Å². The van der Waals surface area contributed by atoms with E-state index in [2.05, 4.69) is 0 Å². The fraction of sp³-hybridized carbons (Fsp3) is 0.429. The first-order valence-electron chi connectivity index (χ1n) is 8.63. The van der Waals surface area contributed by atoms with Gasteiger partial charge >= 0.3 is 0 Å². The third-order valence-electron chi connectivity index (χ3n) is 3.90. The van der Waals surface area contributed by atoms with Gasteiger partial charge in [-0.25, -0.2) is 0 Å². The molecule has 0 saturated heterocycles. The van der Waals surface area contributed by atoms with Gasteiger partial charge in [0, 0.05) is 11.1 Å². The van der Waals surface area contributed by atoms with Crippen LogP contribution in [0.4, 0.5) is 0 Å². The molecule has 0 fully saturated rings. The van der Waals surface area contributed by atoms with Crippen LogP contribution in [0.1, 0.15) is 52.2 Å². The molecule has 1 N–H and O–H groups in total. The minimum atomic E-state index is -1.17. The van der Waals surface area contributed by atoms with Gasteiger partial charge in [-0.3, -0.25) is 0 Å². The second kappa shape index (κ2) is 7.71. The predicted octanol–water partition coefficient (Wildman–Crippen LogP) is 4.91. The molecule has 3 nitrogen and oxygen atoms in total. The monoisotopic (exact) mass is 328 g/mol. The second-order valence-corrected chi connectivity index (χ2v) is 6.54. The first-order valence-corrected chi connectivity index (χ1v) is 8.63. The van der Waals surface area contributed by atoms with E-state index in [0.29, 0.717) is 17.9 Å². The zero-order valence-electron chi connectivity index (χ0n) is 15.2. The Morgan fingerprint density at radius 1 is 0.792 bits per heavy atom. The Morgan fingerprint density at radius 2 is 1.17 bits per heavy atom. The molecule has 2 rings (SSSR count). The van der Waals surface area contributed by atoms with Gasteiger partial charge in [-0.05, 0) is 46.2 Å². The van der Waals surface area contributed by atoms with Gasteiger partial charge in [0.2, 0.25) is 0 Å². The first kappa shape index (κ1) is 18.3. The minimum absolute atomic E-state index is 0.0365. The molecule has 2 aromatic rings. The molecule has 0 aromatic heterocycles. The zero-order valence-corrected chi connectivity index (χ0v) is 15.2. The van der Waals surface area contributed by atoms with Crippen LogP contribution in [-0.2, 0) is 5.60 Å². The molecular formula is C21H28O3. The third kappa shape index (κ3) is 3.90. The largest absolute Gasteiger partial charge is 0.491 e. The SMILES string of the molecule is CCC(O)(c1ccccc1OC(C)C)c1ccccc1OC(C)C. The Labute approximate surface area is 145 Å². The molecule has 130 valence electrons. The number of rotatable bonds is 7. The number of aliphatic hydroxyl groups is 1. The van der Waals surface area contributed by atoms with Crippen molar-refractivity contribution in [2.24, 2.45) is 0 Å². The lowest BCUT2D eigenvalue weighted by Gasteiger charge is -2.32. The van der Waals surface area contributed by atoms with Crippen LogP contribution in [0.3, 0.4) is 0 Å². The van der Waals surface area contributed by atoms with Crippen molar-refractivity contribution in [2.45, 2.75) is 58.8 Å². The van der Waals surface area contributed by atoms with Gasteiger partial charge in [0.05, 0.1) is 12.2 Å². The lowest BCUT2D eigenvalue weighted by Crippen LogP contribution is -2.29. The molecule has 0 atom stereocenters. The highest BCUT2D eigenvalue weighted by Gasteiger charge is 2.35. The predicted molar refractivity (Wildman–Crippen MR) is 97.7 cm³/mol. The molecule has 0 radical (unpaired) electrons. The maximum Gasteiger partial charge on any atom is 0.126 e. The summed E-state index contributed by atoms with van der Waals surface area (Å²) in [6.45, 7) is 9.91. The number of para-hydroxylation sites is 2. The van der Waals surface area contributed by atoms with Crippen LogP contribution in [0.2, 0.25) is 0 Å². The molecule has 3 heteroatoms. The number of ether oxygens (including phenoxy) is 2. The van der Waals surface area contributed by atoms with Crippen molar-refractivity contribution >= 4 is 0 Å². The zero-order chi connectivity index (χ0) is 17.7. The fourth-order valence-electron chi connectivity index (χ4n) is 2.86. The van der Waals surface area contributed by atoms with E-state index in [1.165, 1.54) is 0 Å². The summed E-state index contributed by atoms with van der Waals surface area (Å²) in [5.41, 5.74) is 0.360. The quantitative estimate of drug-likeness (QED) is 0.785. The van der Waals surface area contributed by atoms with Gasteiger partial charge in [-0.2, -0.15) is 0 Å². The van der Waals surface area contributed by atoms with E-state index < -0.39 is 5.60 Å². The molecule has 0 aliphatic heterocycles. The Kier molecular flexibility index (Phi) is 5.89. The molecule has 24 heavy (non-hydrogen) atoms. The van der Waals surface area contributed by atoms with Crippen LogP contribution >= 0.6 is 0 Å². The third-order valence-corrected chi connectivity index (χ3v) is 3.90. The Balaban J connectivity index is 2.58. The van der Waals surface area contributed by atoms with Gasteiger partial charge < -0.3 is 14.6 Å². The van der Waals surface area contributed by atoms with E-state index in [4.69, 9.17) is 9.47 Å². The first-order chi connectivity index (χ1) is 11.4. The average molecular weight is 328 g/mol. The Morgan fingerprint density at radius 3 is 1.50 bits per heavy atom. The van der Waals surface area contributed by atoms with Crippen molar-refractivity contribution in [1.29, 1.82) is 0 Å². The van der Waals surface area contributed by atoms with E-state index >= 15 is 0 Å². The van der Waals surface area contributed by atoms with Gasteiger partial charge in [0.15, 0.2) is 0 Å². The van der Waals surface area contributed by atoms with Crippen LogP contribution in [-0.4, -0.2) is 17.3 Å². The molecule has 0 unspecified atom stereocenters. The molecule has 0 aliphatic rings. The van der Waals surface area contributed by atoms with Gasteiger partial charge in [0.25, 0.3) is 0 Å². The van der Waals surface area contributed by atoms with E-state index in [1.807, 2.05) is 83.1 Å². The smallest absolute Gasteiger partial charge is 0.126 e. The lowest BCUT2D eigenvalue weighted by atomic mass is 9.83. The standard InChI is InChI=1S/C21H28O3/c1-6-21(22,17-11-7-9-13-19(17)23-15(2)3)18-12-8-10-14-20(18)24-16(4)5/h7-16,22H,6H2,1-5H3. The highest BCUT2D eigenvalue weighted by molar-refractivity contribution is 5.49. The van der Waals surface area contributed by atoms with Crippen molar-refractivity contribution in [2.75, 3.05) is 0 Å². The number of hydrogen-bond acceptors (Lipinski definition) is 3. The molecule has 0 heterocycles. The maximum atomic E-state index is 11.6. The van der Waals surface area contributed by atoms with Gasteiger partial charge in [0.1, 0.15) is 17.1 Å².